The number of anilines is 1. The predicted molar refractivity (Wildman–Crippen MR) is 126 cm³/mol. The van der Waals surface area contributed by atoms with Crippen LogP contribution >= 0.6 is 0 Å². The number of piperidine rings is 1. The van der Waals surface area contributed by atoms with Gasteiger partial charge in [0.1, 0.15) is 5.75 Å². The number of nitrogens with zero attached hydrogens (tertiary/aromatic N) is 2. The molecular formula is C24H33N3O4S. The number of hydrogen-bond donors (Lipinski definition) is 1. The molecule has 7 nitrogen and oxygen atoms in total. The Hall–Kier alpha value is -2.42. The lowest BCUT2D eigenvalue weighted by Crippen LogP contribution is -2.40. The van der Waals surface area contributed by atoms with Gasteiger partial charge in [-0.15, -0.1) is 0 Å². The molecule has 0 radical (unpaired) electrons. The first-order chi connectivity index (χ1) is 15.4. The van der Waals surface area contributed by atoms with Crippen LogP contribution in [-0.4, -0.2) is 62.9 Å². The van der Waals surface area contributed by atoms with Crippen LogP contribution < -0.4 is 10.1 Å². The lowest BCUT2D eigenvalue weighted by molar-refractivity contribution is -0.120. The molecule has 8 heteroatoms. The minimum Gasteiger partial charge on any atom is -0.494 e. The van der Waals surface area contributed by atoms with Crippen molar-refractivity contribution in [1.29, 1.82) is 0 Å². The molecule has 1 heterocycles. The van der Waals surface area contributed by atoms with Crippen molar-refractivity contribution in [2.45, 2.75) is 43.5 Å². The fourth-order valence-corrected chi connectivity index (χ4v) is 5.21. The van der Waals surface area contributed by atoms with Crippen molar-refractivity contribution < 1.29 is 17.9 Å². The third-order valence-corrected chi connectivity index (χ3v) is 7.66. The first-order valence-corrected chi connectivity index (χ1v) is 12.6. The molecule has 1 amide bonds. The molecular weight excluding hydrogens is 426 g/mol. The Kier molecular flexibility index (Phi) is 8.67. The number of amides is 1. The molecule has 2 aromatic rings. The Morgan fingerprint density at radius 2 is 1.81 bits per heavy atom. The summed E-state index contributed by atoms with van der Waals surface area (Å²) in [6.07, 6.45) is 3.62. The number of benzene rings is 2. The van der Waals surface area contributed by atoms with Gasteiger partial charge in [-0.3, -0.25) is 9.69 Å². The second-order valence-electron chi connectivity index (χ2n) is 8.15. The lowest BCUT2D eigenvalue weighted by Gasteiger charge is -2.26. The largest absolute Gasteiger partial charge is 0.494 e. The van der Waals surface area contributed by atoms with E-state index in [9.17, 15) is 13.2 Å². The van der Waals surface area contributed by atoms with E-state index in [1.54, 1.807) is 24.3 Å². The van der Waals surface area contributed by atoms with Gasteiger partial charge in [-0.05, 0) is 63.6 Å². The number of rotatable bonds is 10. The second kappa shape index (κ2) is 11.4. The highest BCUT2D eigenvalue weighted by molar-refractivity contribution is 7.89. The minimum atomic E-state index is -3.54. The van der Waals surface area contributed by atoms with Crippen molar-refractivity contribution in [2.24, 2.45) is 0 Å². The van der Waals surface area contributed by atoms with Crippen molar-refractivity contribution in [2.75, 3.05) is 38.6 Å². The number of carbonyl (C=O) groups is 1. The molecule has 1 aliphatic rings. The highest BCUT2D eigenvalue weighted by atomic mass is 32.2. The Labute approximate surface area is 191 Å². The molecule has 1 aliphatic heterocycles. The Morgan fingerprint density at radius 3 is 2.53 bits per heavy atom. The molecule has 0 spiro atoms. The van der Waals surface area contributed by atoms with Crippen molar-refractivity contribution in [3.05, 3.63) is 54.6 Å². The molecule has 0 bridgehead atoms. The van der Waals surface area contributed by atoms with Crippen LogP contribution in [0.2, 0.25) is 0 Å². The van der Waals surface area contributed by atoms with Gasteiger partial charge in [0.2, 0.25) is 15.9 Å². The van der Waals surface area contributed by atoms with Gasteiger partial charge >= 0.3 is 0 Å². The maximum absolute atomic E-state index is 12.9. The van der Waals surface area contributed by atoms with Crippen LogP contribution in [-0.2, 0) is 14.8 Å². The molecule has 0 aromatic heterocycles. The highest BCUT2D eigenvalue weighted by Gasteiger charge is 2.26. The second-order valence-corrected chi connectivity index (χ2v) is 10.1. The van der Waals surface area contributed by atoms with Gasteiger partial charge in [0.25, 0.3) is 0 Å². The summed E-state index contributed by atoms with van der Waals surface area (Å²) in [7, 11) is -1.64. The fraction of sp³-hybridized carbons (Fsp3) is 0.458. The van der Waals surface area contributed by atoms with E-state index in [1.807, 2.05) is 49.2 Å². The monoisotopic (exact) mass is 459 g/mol. The smallest absolute Gasteiger partial charge is 0.243 e. The number of hydrogen-bond acceptors (Lipinski definition) is 5. The number of carbonyl (C=O) groups excluding carboxylic acids is 1. The van der Waals surface area contributed by atoms with E-state index in [-0.39, 0.29) is 16.8 Å². The third-order valence-electron chi connectivity index (χ3n) is 5.76. The summed E-state index contributed by atoms with van der Waals surface area (Å²) in [5.74, 6) is 0.657. The van der Waals surface area contributed by atoms with Crippen molar-refractivity contribution in [1.82, 2.24) is 9.21 Å². The maximum Gasteiger partial charge on any atom is 0.243 e. The molecule has 1 fully saturated rings. The molecule has 0 aliphatic carbocycles. The summed E-state index contributed by atoms with van der Waals surface area (Å²) in [4.78, 5) is 14.9. The van der Waals surface area contributed by atoms with E-state index in [2.05, 4.69) is 5.32 Å². The molecule has 1 atom stereocenters. The van der Waals surface area contributed by atoms with Crippen molar-refractivity contribution in [3.63, 3.8) is 0 Å². The molecule has 1 unspecified atom stereocenters. The van der Waals surface area contributed by atoms with Crippen LogP contribution in [0.4, 0.5) is 5.69 Å². The molecule has 1 N–H and O–H groups in total. The Morgan fingerprint density at radius 1 is 1.09 bits per heavy atom. The molecule has 2 aromatic carbocycles. The van der Waals surface area contributed by atoms with Crippen LogP contribution in [0, 0.1) is 0 Å². The number of ether oxygens (including phenoxy) is 1. The third kappa shape index (κ3) is 6.54. The predicted octanol–water partition coefficient (Wildman–Crippen LogP) is 3.59. The fourth-order valence-electron chi connectivity index (χ4n) is 3.65. The van der Waals surface area contributed by atoms with Crippen LogP contribution in [0.1, 0.15) is 32.6 Å². The van der Waals surface area contributed by atoms with Crippen LogP contribution in [0.15, 0.2) is 59.5 Å². The number of para-hydroxylation sites is 1. The lowest BCUT2D eigenvalue weighted by atomic mass is 10.2. The van der Waals surface area contributed by atoms with Crippen LogP contribution in [0.25, 0.3) is 0 Å². The first kappa shape index (κ1) is 24.2. The average Bonchev–Trinajstić information content (AvgIpc) is 2.82. The summed E-state index contributed by atoms with van der Waals surface area (Å²) in [6.45, 7) is 4.20. The maximum atomic E-state index is 12.9. The standard InChI is InChI=1S/C24H33N3O4S/c1-20(26(2)15-10-18-31-22-12-5-3-6-13-22)24(28)25-21-11-9-14-23(19-21)32(29,30)27-16-7-4-8-17-27/h3,5-6,9,11-14,19-20H,4,7-8,10,15-18H2,1-2H3,(H,25,28). The van der Waals surface area contributed by atoms with E-state index in [1.165, 1.54) is 4.31 Å². The van der Waals surface area contributed by atoms with E-state index in [0.29, 0.717) is 31.9 Å². The van der Waals surface area contributed by atoms with Gasteiger partial charge < -0.3 is 10.1 Å². The zero-order chi connectivity index (χ0) is 23.0. The number of nitrogens with one attached hydrogen (secondary N) is 1. The van der Waals surface area contributed by atoms with Gasteiger partial charge in [-0.25, -0.2) is 8.42 Å². The summed E-state index contributed by atoms with van der Waals surface area (Å²) in [5.41, 5.74) is 0.487. The van der Waals surface area contributed by atoms with E-state index in [0.717, 1.165) is 31.4 Å². The average molecular weight is 460 g/mol. The summed E-state index contributed by atoms with van der Waals surface area (Å²) in [5, 5.41) is 2.86. The van der Waals surface area contributed by atoms with Gasteiger partial charge in [0, 0.05) is 25.3 Å². The SMILES string of the molecule is CC(C(=O)Nc1cccc(S(=O)(=O)N2CCCCC2)c1)N(C)CCCOc1ccccc1. The molecule has 32 heavy (non-hydrogen) atoms. The topological polar surface area (TPSA) is 79.0 Å². The van der Waals surface area contributed by atoms with Gasteiger partial charge in [0.05, 0.1) is 17.5 Å². The summed E-state index contributed by atoms with van der Waals surface area (Å²) < 4.78 is 33.1. The van der Waals surface area contributed by atoms with Crippen LogP contribution in [0.3, 0.4) is 0 Å². The molecule has 3 rings (SSSR count). The Balaban J connectivity index is 1.51. The van der Waals surface area contributed by atoms with Crippen molar-refractivity contribution in [3.8, 4) is 5.75 Å². The number of sulfonamides is 1. The van der Waals surface area contributed by atoms with Gasteiger partial charge in [-0.1, -0.05) is 30.7 Å². The van der Waals surface area contributed by atoms with Gasteiger partial charge in [0.15, 0.2) is 0 Å². The zero-order valence-electron chi connectivity index (χ0n) is 18.9. The molecule has 1 saturated heterocycles. The quantitative estimate of drug-likeness (QED) is 0.550. The number of likely N-dealkylation sites (N-methyl/N-ethyl adjacent to an activating group) is 1. The van der Waals surface area contributed by atoms with E-state index in [4.69, 9.17) is 4.74 Å². The highest BCUT2D eigenvalue weighted by Crippen LogP contribution is 2.23. The van der Waals surface area contributed by atoms with E-state index >= 15 is 0 Å². The van der Waals surface area contributed by atoms with Crippen molar-refractivity contribution >= 4 is 21.6 Å². The van der Waals surface area contributed by atoms with E-state index < -0.39 is 10.0 Å². The summed E-state index contributed by atoms with van der Waals surface area (Å²) >= 11 is 0. The molecule has 0 saturated carbocycles. The zero-order valence-corrected chi connectivity index (χ0v) is 19.7. The summed E-state index contributed by atoms with van der Waals surface area (Å²) in [6, 6.07) is 15.8. The first-order valence-electron chi connectivity index (χ1n) is 11.2. The van der Waals surface area contributed by atoms with Gasteiger partial charge in [-0.2, -0.15) is 4.31 Å². The normalized spacial score (nSPS) is 16.0. The minimum absolute atomic E-state index is 0.177. The Bertz CT molecular complexity index is 976. The molecule has 174 valence electrons. The van der Waals surface area contributed by atoms with Crippen LogP contribution in [0.5, 0.6) is 5.75 Å².